The quantitative estimate of drug-likeness (QED) is 0.523. The number of ether oxygens (including phenoxy) is 1. The third-order valence-corrected chi connectivity index (χ3v) is 2.47. The number of nitrogens with one attached hydrogen (secondary N) is 1. The summed E-state index contributed by atoms with van der Waals surface area (Å²) in [6, 6.07) is 0. The van der Waals surface area contributed by atoms with Crippen LogP contribution in [0, 0.1) is 0 Å². The molecular formula is C12H24N2O4. The van der Waals surface area contributed by atoms with Crippen LogP contribution in [0.5, 0.6) is 0 Å². The Morgan fingerprint density at radius 1 is 1.33 bits per heavy atom. The van der Waals surface area contributed by atoms with E-state index in [9.17, 15) is 9.59 Å². The van der Waals surface area contributed by atoms with Crippen LogP contribution in [0.4, 0.5) is 0 Å². The first-order valence-electron chi connectivity index (χ1n) is 6.30. The highest BCUT2D eigenvalue weighted by atomic mass is 16.5. The van der Waals surface area contributed by atoms with E-state index in [1.54, 1.807) is 7.11 Å². The molecule has 6 nitrogen and oxygen atoms in total. The Morgan fingerprint density at radius 3 is 2.61 bits per heavy atom. The number of hydrogen-bond acceptors (Lipinski definition) is 4. The van der Waals surface area contributed by atoms with E-state index in [1.807, 2.05) is 4.90 Å². The molecule has 0 aliphatic heterocycles. The molecule has 0 radical (unpaired) electrons. The number of carboxylic acids is 1. The number of aliphatic carboxylic acids is 1. The lowest BCUT2D eigenvalue weighted by molar-refractivity contribution is -0.137. The number of carbonyl (C=O) groups is 2. The first-order valence-corrected chi connectivity index (χ1v) is 6.30. The first-order chi connectivity index (χ1) is 8.60. The van der Waals surface area contributed by atoms with Gasteiger partial charge in [0, 0.05) is 20.2 Å². The lowest BCUT2D eigenvalue weighted by Gasteiger charge is -2.20. The fraction of sp³-hybridized carbons (Fsp3) is 0.833. The average Bonchev–Trinajstić information content (AvgIpc) is 2.32. The van der Waals surface area contributed by atoms with Crippen LogP contribution in [0.1, 0.15) is 26.2 Å². The second-order valence-electron chi connectivity index (χ2n) is 4.12. The topological polar surface area (TPSA) is 78.9 Å². The summed E-state index contributed by atoms with van der Waals surface area (Å²) in [7, 11) is 1.58. The van der Waals surface area contributed by atoms with Crippen LogP contribution in [-0.4, -0.2) is 61.8 Å². The number of hydrogen-bond donors (Lipinski definition) is 2. The molecule has 0 saturated carbocycles. The third kappa shape index (κ3) is 10.0. The molecule has 0 bridgehead atoms. The molecule has 6 heteroatoms. The summed E-state index contributed by atoms with van der Waals surface area (Å²) < 4.78 is 4.84. The van der Waals surface area contributed by atoms with E-state index < -0.39 is 5.97 Å². The van der Waals surface area contributed by atoms with Crippen LogP contribution < -0.4 is 5.32 Å². The molecule has 0 heterocycles. The van der Waals surface area contributed by atoms with E-state index in [-0.39, 0.29) is 18.9 Å². The zero-order valence-corrected chi connectivity index (χ0v) is 11.3. The maximum atomic E-state index is 11.6. The summed E-state index contributed by atoms with van der Waals surface area (Å²) in [4.78, 5) is 24.0. The van der Waals surface area contributed by atoms with Crippen molar-refractivity contribution >= 4 is 11.9 Å². The molecule has 0 aromatic carbocycles. The van der Waals surface area contributed by atoms with E-state index in [4.69, 9.17) is 9.84 Å². The van der Waals surface area contributed by atoms with Crippen LogP contribution in [0.15, 0.2) is 0 Å². The predicted octanol–water partition coefficient (Wildman–Crippen LogP) is 0.326. The van der Waals surface area contributed by atoms with Gasteiger partial charge in [0.1, 0.15) is 0 Å². The number of nitrogens with zero attached hydrogens (tertiary/aromatic N) is 1. The van der Waals surface area contributed by atoms with Crippen molar-refractivity contribution in [1.29, 1.82) is 0 Å². The second kappa shape index (κ2) is 11.0. The Morgan fingerprint density at radius 2 is 2.06 bits per heavy atom. The second-order valence-corrected chi connectivity index (χ2v) is 4.12. The van der Waals surface area contributed by atoms with Crippen LogP contribution in [0.25, 0.3) is 0 Å². The van der Waals surface area contributed by atoms with Gasteiger partial charge < -0.3 is 15.2 Å². The van der Waals surface area contributed by atoms with Crippen molar-refractivity contribution in [3.05, 3.63) is 0 Å². The normalized spacial score (nSPS) is 10.6. The van der Waals surface area contributed by atoms with Gasteiger partial charge in [0.2, 0.25) is 5.91 Å². The number of carbonyl (C=O) groups excluding carboxylic acids is 1. The van der Waals surface area contributed by atoms with E-state index in [1.165, 1.54) is 0 Å². The minimum atomic E-state index is -0.837. The minimum Gasteiger partial charge on any atom is -0.481 e. The molecule has 0 spiro atoms. The Labute approximate surface area is 108 Å². The number of carboxylic acid groups (broad SMARTS) is 1. The van der Waals surface area contributed by atoms with Gasteiger partial charge in [0.05, 0.1) is 19.6 Å². The van der Waals surface area contributed by atoms with E-state index in [0.29, 0.717) is 19.7 Å². The van der Waals surface area contributed by atoms with Gasteiger partial charge in [-0.25, -0.2) is 0 Å². The SMILES string of the molecule is CCCCN(CCC(=O)O)CC(=O)NCCOC. The van der Waals surface area contributed by atoms with Crippen LogP contribution in [0.3, 0.4) is 0 Å². The molecule has 106 valence electrons. The minimum absolute atomic E-state index is 0.0645. The largest absolute Gasteiger partial charge is 0.481 e. The number of unbranched alkanes of at least 4 members (excludes halogenated alkanes) is 1. The molecule has 0 rings (SSSR count). The van der Waals surface area contributed by atoms with Gasteiger partial charge in [-0.1, -0.05) is 13.3 Å². The molecule has 0 fully saturated rings. The van der Waals surface area contributed by atoms with Crippen molar-refractivity contribution in [2.75, 3.05) is 39.9 Å². The van der Waals surface area contributed by atoms with Crippen LogP contribution >= 0.6 is 0 Å². The number of rotatable bonds is 11. The zero-order valence-electron chi connectivity index (χ0n) is 11.3. The van der Waals surface area contributed by atoms with Crippen LogP contribution in [-0.2, 0) is 14.3 Å². The van der Waals surface area contributed by atoms with Crippen molar-refractivity contribution in [2.24, 2.45) is 0 Å². The lowest BCUT2D eigenvalue weighted by Crippen LogP contribution is -2.39. The Hall–Kier alpha value is -1.14. The molecule has 0 aliphatic carbocycles. The Bertz CT molecular complexity index is 246. The van der Waals surface area contributed by atoms with Crippen molar-refractivity contribution < 1.29 is 19.4 Å². The highest BCUT2D eigenvalue weighted by molar-refractivity contribution is 5.78. The van der Waals surface area contributed by atoms with E-state index in [2.05, 4.69) is 12.2 Å². The Kier molecular flexibility index (Phi) is 10.3. The molecule has 0 aliphatic rings. The predicted molar refractivity (Wildman–Crippen MR) is 68.5 cm³/mol. The van der Waals surface area contributed by atoms with Gasteiger partial charge in [-0.15, -0.1) is 0 Å². The molecule has 0 atom stereocenters. The van der Waals surface area contributed by atoms with Gasteiger partial charge in [0.25, 0.3) is 0 Å². The first kappa shape index (κ1) is 16.9. The van der Waals surface area contributed by atoms with Crippen molar-refractivity contribution in [2.45, 2.75) is 26.2 Å². The van der Waals surface area contributed by atoms with E-state index >= 15 is 0 Å². The van der Waals surface area contributed by atoms with E-state index in [0.717, 1.165) is 19.4 Å². The highest BCUT2D eigenvalue weighted by Gasteiger charge is 2.11. The molecule has 0 aromatic heterocycles. The van der Waals surface area contributed by atoms with Gasteiger partial charge in [-0.2, -0.15) is 0 Å². The smallest absolute Gasteiger partial charge is 0.304 e. The standard InChI is InChI=1S/C12H24N2O4/c1-3-4-7-14(8-5-12(16)17)10-11(15)13-6-9-18-2/h3-10H2,1-2H3,(H,13,15)(H,16,17). The third-order valence-electron chi connectivity index (χ3n) is 2.47. The molecule has 0 unspecified atom stereocenters. The fourth-order valence-corrected chi connectivity index (χ4v) is 1.46. The Balaban J connectivity index is 3.96. The molecular weight excluding hydrogens is 236 g/mol. The summed E-state index contributed by atoms with van der Waals surface area (Å²) in [6.07, 6.45) is 2.05. The monoisotopic (exact) mass is 260 g/mol. The van der Waals surface area contributed by atoms with Gasteiger partial charge in [0.15, 0.2) is 0 Å². The summed E-state index contributed by atoms with van der Waals surface area (Å²) >= 11 is 0. The van der Waals surface area contributed by atoms with Crippen molar-refractivity contribution in [1.82, 2.24) is 10.2 Å². The highest BCUT2D eigenvalue weighted by Crippen LogP contribution is 1.97. The van der Waals surface area contributed by atoms with Gasteiger partial charge >= 0.3 is 5.97 Å². The summed E-state index contributed by atoms with van der Waals surface area (Å²) in [6.45, 7) is 4.44. The molecule has 0 saturated heterocycles. The molecule has 1 amide bonds. The van der Waals surface area contributed by atoms with Crippen molar-refractivity contribution in [3.63, 3.8) is 0 Å². The fourth-order valence-electron chi connectivity index (χ4n) is 1.46. The summed E-state index contributed by atoms with van der Waals surface area (Å²) in [5.41, 5.74) is 0. The molecule has 18 heavy (non-hydrogen) atoms. The zero-order chi connectivity index (χ0) is 13.8. The lowest BCUT2D eigenvalue weighted by atomic mass is 10.3. The number of methoxy groups -OCH3 is 1. The maximum absolute atomic E-state index is 11.6. The maximum Gasteiger partial charge on any atom is 0.304 e. The number of amides is 1. The summed E-state index contributed by atoms with van der Waals surface area (Å²) in [5.74, 6) is -0.926. The molecule has 0 aromatic rings. The average molecular weight is 260 g/mol. The molecule has 2 N–H and O–H groups in total. The van der Waals surface area contributed by atoms with Gasteiger partial charge in [-0.05, 0) is 13.0 Å². The van der Waals surface area contributed by atoms with Gasteiger partial charge in [-0.3, -0.25) is 14.5 Å². The summed E-state index contributed by atoms with van der Waals surface area (Å²) in [5, 5.41) is 11.4. The van der Waals surface area contributed by atoms with Crippen molar-refractivity contribution in [3.8, 4) is 0 Å². The van der Waals surface area contributed by atoms with Crippen LogP contribution in [0.2, 0.25) is 0 Å².